The van der Waals surface area contributed by atoms with Crippen molar-refractivity contribution in [1.82, 2.24) is 0 Å². The molecule has 4 nitrogen and oxygen atoms in total. The van der Waals surface area contributed by atoms with Crippen LogP contribution in [0.3, 0.4) is 0 Å². The molecule has 0 N–H and O–H groups in total. The second-order valence-electron chi connectivity index (χ2n) is 8.72. The number of hydrogen-bond acceptors (Lipinski definition) is 4. The van der Waals surface area contributed by atoms with Crippen molar-refractivity contribution >= 4 is 16.7 Å². The number of para-hydroxylation sites is 1. The number of rotatable bonds is 8. The molecule has 0 aliphatic carbocycles. The number of ether oxygens (including phenoxy) is 2. The van der Waals surface area contributed by atoms with Crippen LogP contribution in [0.25, 0.3) is 10.8 Å². The average molecular weight is 450 g/mol. The number of carbonyl (C=O) groups excluding carboxylic acids is 1. The Balaban J connectivity index is 1.56. The van der Waals surface area contributed by atoms with E-state index in [0.717, 1.165) is 16.3 Å². The predicted octanol–water partition coefficient (Wildman–Crippen LogP) is 7.57. The van der Waals surface area contributed by atoms with Gasteiger partial charge in [0.1, 0.15) is 17.6 Å². The number of fused-ring (bicyclic) bond motifs is 1. The zero-order valence-corrected chi connectivity index (χ0v) is 19.3. The quantitative estimate of drug-likeness (QED) is 0.260. The molecule has 0 saturated carbocycles. The summed E-state index contributed by atoms with van der Waals surface area (Å²) >= 11 is 0. The molecule has 4 aromatic rings. The third-order valence-electron chi connectivity index (χ3n) is 5.66. The first-order valence-electron chi connectivity index (χ1n) is 11.4. The maximum atomic E-state index is 13.3. The van der Waals surface area contributed by atoms with Crippen LogP contribution in [-0.2, 0) is 9.53 Å². The summed E-state index contributed by atoms with van der Waals surface area (Å²) in [7, 11) is 0. The van der Waals surface area contributed by atoms with E-state index in [4.69, 9.17) is 9.47 Å². The standard InChI is InChI=1S/C30H27NO3/c1-21(2)17-28(24-16-15-22-9-6-7-10-23(22)18-24)30(32)34-29(20-31)25-11-8-14-27(19-25)33-26-12-4-3-5-13-26/h3-16,18-19,21,28-29H,17H2,1-2H3. The number of carbonyl (C=O) groups is 1. The number of nitriles is 1. The normalized spacial score (nSPS) is 12.6. The summed E-state index contributed by atoms with van der Waals surface area (Å²) in [4.78, 5) is 13.3. The molecule has 4 aromatic carbocycles. The highest BCUT2D eigenvalue weighted by atomic mass is 16.5. The van der Waals surface area contributed by atoms with Crippen LogP contribution >= 0.6 is 0 Å². The molecular weight excluding hydrogens is 422 g/mol. The highest BCUT2D eigenvalue weighted by Crippen LogP contribution is 2.31. The third kappa shape index (κ3) is 5.63. The zero-order valence-electron chi connectivity index (χ0n) is 19.3. The van der Waals surface area contributed by atoms with Gasteiger partial charge < -0.3 is 9.47 Å². The maximum absolute atomic E-state index is 13.3. The van der Waals surface area contributed by atoms with Gasteiger partial charge in [0.05, 0.1) is 5.92 Å². The van der Waals surface area contributed by atoms with Crippen LogP contribution in [0.15, 0.2) is 97.1 Å². The van der Waals surface area contributed by atoms with Gasteiger partial charge in [-0.2, -0.15) is 5.26 Å². The molecule has 0 saturated heterocycles. The fourth-order valence-corrected chi connectivity index (χ4v) is 4.00. The number of hydrogen-bond donors (Lipinski definition) is 0. The largest absolute Gasteiger partial charge is 0.457 e. The van der Waals surface area contributed by atoms with Crippen molar-refractivity contribution in [2.75, 3.05) is 0 Å². The molecular formula is C30H27NO3. The zero-order chi connectivity index (χ0) is 23.9. The maximum Gasteiger partial charge on any atom is 0.315 e. The number of nitrogens with zero attached hydrogens (tertiary/aromatic N) is 1. The summed E-state index contributed by atoms with van der Waals surface area (Å²) in [6.45, 7) is 4.15. The smallest absolute Gasteiger partial charge is 0.315 e. The molecule has 0 spiro atoms. The molecule has 2 atom stereocenters. The van der Waals surface area contributed by atoms with Gasteiger partial charge in [-0.05, 0) is 52.9 Å². The second-order valence-corrected chi connectivity index (χ2v) is 8.72. The minimum atomic E-state index is -1.03. The molecule has 4 heteroatoms. The van der Waals surface area contributed by atoms with E-state index >= 15 is 0 Å². The lowest BCUT2D eigenvalue weighted by Gasteiger charge is -2.21. The van der Waals surface area contributed by atoms with Gasteiger partial charge >= 0.3 is 5.97 Å². The summed E-state index contributed by atoms with van der Waals surface area (Å²) in [5.41, 5.74) is 1.47. The Morgan fingerprint density at radius 2 is 1.50 bits per heavy atom. The fraction of sp³-hybridized carbons (Fsp3) is 0.200. The molecule has 0 amide bonds. The Kier molecular flexibility index (Phi) is 7.25. The lowest BCUT2D eigenvalue weighted by molar-refractivity contribution is -0.149. The lowest BCUT2D eigenvalue weighted by atomic mass is 9.89. The highest BCUT2D eigenvalue weighted by molar-refractivity contribution is 5.86. The van der Waals surface area contributed by atoms with Crippen molar-refractivity contribution in [3.63, 3.8) is 0 Å². The molecule has 34 heavy (non-hydrogen) atoms. The number of esters is 1. The minimum absolute atomic E-state index is 0.284. The molecule has 0 aliphatic heterocycles. The van der Waals surface area contributed by atoms with Gasteiger partial charge in [-0.1, -0.05) is 86.6 Å². The molecule has 0 aliphatic rings. The summed E-state index contributed by atoms with van der Waals surface area (Å²) in [5, 5.41) is 12.0. The Hall–Kier alpha value is -4.10. The van der Waals surface area contributed by atoms with E-state index < -0.39 is 18.0 Å². The fourth-order valence-electron chi connectivity index (χ4n) is 4.00. The van der Waals surface area contributed by atoms with Crippen molar-refractivity contribution < 1.29 is 14.3 Å². The van der Waals surface area contributed by atoms with E-state index in [1.165, 1.54) is 0 Å². The molecule has 4 rings (SSSR count). The first-order valence-corrected chi connectivity index (χ1v) is 11.4. The van der Waals surface area contributed by atoms with Crippen LogP contribution in [0.4, 0.5) is 0 Å². The Bertz CT molecular complexity index is 1310. The summed E-state index contributed by atoms with van der Waals surface area (Å²) < 4.78 is 11.6. The molecule has 0 heterocycles. The number of benzene rings is 4. The van der Waals surface area contributed by atoms with Gasteiger partial charge in [0, 0.05) is 5.56 Å². The van der Waals surface area contributed by atoms with E-state index in [0.29, 0.717) is 23.5 Å². The van der Waals surface area contributed by atoms with E-state index in [2.05, 4.69) is 19.9 Å². The third-order valence-corrected chi connectivity index (χ3v) is 5.66. The van der Waals surface area contributed by atoms with Crippen molar-refractivity contribution in [1.29, 1.82) is 5.26 Å². The second kappa shape index (κ2) is 10.7. The topological polar surface area (TPSA) is 59.3 Å². The predicted molar refractivity (Wildman–Crippen MR) is 134 cm³/mol. The van der Waals surface area contributed by atoms with E-state index in [-0.39, 0.29) is 5.92 Å². The van der Waals surface area contributed by atoms with Crippen LogP contribution in [-0.4, -0.2) is 5.97 Å². The highest BCUT2D eigenvalue weighted by Gasteiger charge is 2.27. The van der Waals surface area contributed by atoms with Crippen LogP contribution in [0.1, 0.15) is 43.4 Å². The first-order chi connectivity index (χ1) is 16.5. The van der Waals surface area contributed by atoms with Gasteiger partial charge in [0.25, 0.3) is 0 Å². The van der Waals surface area contributed by atoms with Gasteiger partial charge in [-0.15, -0.1) is 0 Å². The van der Waals surface area contributed by atoms with Crippen LogP contribution in [0, 0.1) is 17.2 Å². The SMILES string of the molecule is CC(C)CC(C(=O)OC(C#N)c1cccc(Oc2ccccc2)c1)c1ccc2ccccc2c1. The van der Waals surface area contributed by atoms with E-state index in [1.54, 1.807) is 18.2 Å². The monoisotopic (exact) mass is 449 g/mol. The summed E-state index contributed by atoms with van der Waals surface area (Å²) in [6.07, 6.45) is -0.395. The molecule has 0 aromatic heterocycles. The lowest BCUT2D eigenvalue weighted by Crippen LogP contribution is -2.20. The minimum Gasteiger partial charge on any atom is -0.457 e. The van der Waals surface area contributed by atoms with Crippen molar-refractivity contribution in [3.8, 4) is 17.6 Å². The van der Waals surface area contributed by atoms with Gasteiger partial charge in [-0.3, -0.25) is 4.79 Å². The van der Waals surface area contributed by atoms with Crippen LogP contribution in [0.5, 0.6) is 11.5 Å². The summed E-state index contributed by atoms with van der Waals surface area (Å²) in [5.74, 6) is 0.702. The molecule has 0 radical (unpaired) electrons. The van der Waals surface area contributed by atoms with Crippen molar-refractivity contribution in [2.45, 2.75) is 32.3 Å². The molecule has 0 bridgehead atoms. The Labute approximate surface area is 200 Å². The van der Waals surface area contributed by atoms with Crippen molar-refractivity contribution in [3.05, 3.63) is 108 Å². The van der Waals surface area contributed by atoms with Crippen molar-refractivity contribution in [2.24, 2.45) is 5.92 Å². The molecule has 170 valence electrons. The average Bonchev–Trinajstić information content (AvgIpc) is 2.86. The Morgan fingerprint density at radius 3 is 2.24 bits per heavy atom. The molecule has 0 fully saturated rings. The van der Waals surface area contributed by atoms with Gasteiger partial charge in [0.2, 0.25) is 6.10 Å². The van der Waals surface area contributed by atoms with Gasteiger partial charge in [0.15, 0.2) is 0 Å². The van der Waals surface area contributed by atoms with Crippen LogP contribution < -0.4 is 4.74 Å². The van der Waals surface area contributed by atoms with E-state index in [9.17, 15) is 10.1 Å². The van der Waals surface area contributed by atoms with Crippen LogP contribution in [0.2, 0.25) is 0 Å². The van der Waals surface area contributed by atoms with E-state index in [1.807, 2.05) is 78.9 Å². The first kappa shape index (κ1) is 23.1. The summed E-state index contributed by atoms with van der Waals surface area (Å²) in [6, 6.07) is 32.8. The Morgan fingerprint density at radius 1 is 0.794 bits per heavy atom. The molecule has 2 unspecified atom stereocenters. The van der Waals surface area contributed by atoms with Gasteiger partial charge in [-0.25, -0.2) is 0 Å².